The fourth-order valence-electron chi connectivity index (χ4n) is 4.06. The normalized spacial score (nSPS) is 11.9. The van der Waals surface area contributed by atoms with Crippen LogP contribution in [0.25, 0.3) is 0 Å². The van der Waals surface area contributed by atoms with Crippen LogP contribution in [-0.2, 0) is 32.6 Å². The van der Waals surface area contributed by atoms with Gasteiger partial charge in [0, 0.05) is 24.0 Å². The molecule has 0 fully saturated rings. The van der Waals surface area contributed by atoms with E-state index in [0.717, 1.165) is 21.7 Å². The Morgan fingerprint density at radius 2 is 1.63 bits per heavy atom. The summed E-state index contributed by atoms with van der Waals surface area (Å²) < 4.78 is 32.6. The minimum absolute atomic E-state index is 0.0816. The Morgan fingerprint density at radius 1 is 0.974 bits per heavy atom. The van der Waals surface area contributed by atoms with E-state index in [2.05, 4.69) is 21.2 Å². The van der Waals surface area contributed by atoms with Gasteiger partial charge in [-0.05, 0) is 58.2 Å². The summed E-state index contributed by atoms with van der Waals surface area (Å²) in [4.78, 5) is 28.8. The maximum atomic E-state index is 14.0. The number of carbonyl (C=O) groups is 2. The molecule has 202 valence electrons. The standard InChI is InChI=1S/C28H32BrN3O5S/c1-4-30-28(34)26(18-21-11-6-5-7-12-21)31(19-22-13-10-14-23(17-22)37-2)27(33)20-32(38(3,35)36)25-16-9-8-15-24(25)29/h5-17,26H,4,18-20H2,1-3H3,(H,30,34). The number of para-hydroxylation sites is 1. The number of likely N-dealkylation sites (N-methyl/N-ethyl adjacent to an activating group) is 1. The number of benzene rings is 3. The summed E-state index contributed by atoms with van der Waals surface area (Å²) in [5, 5.41) is 2.84. The van der Waals surface area contributed by atoms with Crippen molar-refractivity contribution in [2.24, 2.45) is 0 Å². The zero-order valence-corrected chi connectivity index (χ0v) is 24.0. The van der Waals surface area contributed by atoms with Crippen LogP contribution < -0.4 is 14.4 Å². The first-order valence-electron chi connectivity index (χ1n) is 12.1. The largest absolute Gasteiger partial charge is 0.497 e. The Kier molecular flexibility index (Phi) is 10.3. The van der Waals surface area contributed by atoms with Crippen LogP contribution in [0.5, 0.6) is 5.75 Å². The van der Waals surface area contributed by atoms with Crippen LogP contribution in [0.2, 0.25) is 0 Å². The maximum absolute atomic E-state index is 14.0. The number of ether oxygens (including phenoxy) is 1. The number of hydrogen-bond donors (Lipinski definition) is 1. The number of nitrogens with one attached hydrogen (secondary N) is 1. The topological polar surface area (TPSA) is 96.0 Å². The zero-order valence-electron chi connectivity index (χ0n) is 21.6. The number of anilines is 1. The minimum Gasteiger partial charge on any atom is -0.497 e. The smallest absolute Gasteiger partial charge is 0.244 e. The lowest BCUT2D eigenvalue weighted by molar-refractivity contribution is -0.140. The van der Waals surface area contributed by atoms with Gasteiger partial charge in [0.1, 0.15) is 18.3 Å². The van der Waals surface area contributed by atoms with Gasteiger partial charge in [0.05, 0.1) is 19.1 Å². The van der Waals surface area contributed by atoms with Crippen molar-refractivity contribution in [3.05, 3.63) is 94.5 Å². The van der Waals surface area contributed by atoms with Crippen molar-refractivity contribution >= 4 is 43.5 Å². The van der Waals surface area contributed by atoms with Crippen LogP contribution >= 0.6 is 15.9 Å². The van der Waals surface area contributed by atoms with Crippen molar-refractivity contribution < 1.29 is 22.7 Å². The van der Waals surface area contributed by atoms with Gasteiger partial charge in [-0.25, -0.2) is 8.42 Å². The number of hydrogen-bond acceptors (Lipinski definition) is 5. The lowest BCUT2D eigenvalue weighted by Gasteiger charge is -2.33. The van der Waals surface area contributed by atoms with Gasteiger partial charge in [-0.3, -0.25) is 13.9 Å². The van der Waals surface area contributed by atoms with Crippen LogP contribution in [-0.4, -0.2) is 57.6 Å². The van der Waals surface area contributed by atoms with E-state index in [1.54, 1.807) is 49.6 Å². The van der Waals surface area contributed by atoms with Crippen LogP contribution in [0.1, 0.15) is 18.1 Å². The van der Waals surface area contributed by atoms with Gasteiger partial charge >= 0.3 is 0 Å². The predicted octanol–water partition coefficient (Wildman–Crippen LogP) is 4.00. The molecule has 0 aliphatic carbocycles. The lowest BCUT2D eigenvalue weighted by Crippen LogP contribution is -2.53. The third-order valence-electron chi connectivity index (χ3n) is 5.91. The molecule has 0 spiro atoms. The molecule has 1 N–H and O–H groups in total. The molecule has 0 bridgehead atoms. The van der Waals surface area contributed by atoms with Gasteiger partial charge in [0.15, 0.2) is 0 Å². The summed E-state index contributed by atoms with van der Waals surface area (Å²) in [7, 11) is -2.28. The van der Waals surface area contributed by atoms with Crippen LogP contribution in [0.15, 0.2) is 83.3 Å². The molecule has 0 aliphatic rings. The lowest BCUT2D eigenvalue weighted by atomic mass is 10.0. The van der Waals surface area contributed by atoms with Gasteiger partial charge in [-0.2, -0.15) is 0 Å². The summed E-state index contributed by atoms with van der Waals surface area (Å²) in [6, 6.07) is 22.5. The van der Waals surface area contributed by atoms with Gasteiger partial charge in [-0.15, -0.1) is 0 Å². The Bertz CT molecular complexity index is 1350. The predicted molar refractivity (Wildman–Crippen MR) is 152 cm³/mol. The molecule has 0 heterocycles. The molecule has 0 radical (unpaired) electrons. The van der Waals surface area contributed by atoms with Crippen LogP contribution in [0.4, 0.5) is 5.69 Å². The molecular weight excluding hydrogens is 570 g/mol. The Balaban J connectivity index is 2.06. The Hall–Kier alpha value is -3.37. The summed E-state index contributed by atoms with van der Waals surface area (Å²) in [5.41, 5.74) is 1.95. The summed E-state index contributed by atoms with van der Waals surface area (Å²) in [6.45, 7) is 1.80. The number of sulfonamides is 1. The highest BCUT2D eigenvalue weighted by Gasteiger charge is 2.33. The average Bonchev–Trinajstić information content (AvgIpc) is 2.90. The van der Waals surface area contributed by atoms with E-state index in [9.17, 15) is 18.0 Å². The minimum atomic E-state index is -3.83. The van der Waals surface area contributed by atoms with Crippen molar-refractivity contribution in [2.75, 3.05) is 30.8 Å². The van der Waals surface area contributed by atoms with E-state index in [1.807, 2.05) is 43.3 Å². The van der Waals surface area contributed by atoms with Gasteiger partial charge in [-0.1, -0.05) is 54.6 Å². The highest BCUT2D eigenvalue weighted by atomic mass is 79.9. The van der Waals surface area contributed by atoms with Crippen molar-refractivity contribution in [2.45, 2.75) is 25.9 Å². The molecule has 10 heteroatoms. The summed E-state index contributed by atoms with van der Waals surface area (Å²) >= 11 is 3.39. The molecule has 3 rings (SSSR count). The Morgan fingerprint density at radius 3 is 2.26 bits per heavy atom. The summed E-state index contributed by atoms with van der Waals surface area (Å²) in [6.07, 6.45) is 1.31. The molecular formula is C28H32BrN3O5S. The molecule has 0 saturated heterocycles. The monoisotopic (exact) mass is 601 g/mol. The van der Waals surface area contributed by atoms with E-state index in [-0.39, 0.29) is 18.9 Å². The van der Waals surface area contributed by atoms with Gasteiger partial charge < -0.3 is 15.0 Å². The van der Waals surface area contributed by atoms with E-state index in [4.69, 9.17) is 4.74 Å². The average molecular weight is 603 g/mol. The van der Waals surface area contributed by atoms with Crippen molar-refractivity contribution in [1.29, 1.82) is 0 Å². The number of methoxy groups -OCH3 is 1. The first-order valence-corrected chi connectivity index (χ1v) is 14.7. The molecule has 8 nitrogen and oxygen atoms in total. The zero-order chi connectivity index (χ0) is 27.7. The number of rotatable bonds is 12. The number of nitrogens with zero attached hydrogens (tertiary/aromatic N) is 2. The summed E-state index contributed by atoms with van der Waals surface area (Å²) in [5.74, 6) is -0.223. The molecule has 38 heavy (non-hydrogen) atoms. The van der Waals surface area contributed by atoms with E-state index >= 15 is 0 Å². The van der Waals surface area contributed by atoms with Gasteiger partial charge in [0.25, 0.3) is 0 Å². The molecule has 2 amide bonds. The second kappa shape index (κ2) is 13.4. The third kappa shape index (κ3) is 7.82. The first kappa shape index (κ1) is 29.2. The van der Waals surface area contributed by atoms with Crippen molar-refractivity contribution in [1.82, 2.24) is 10.2 Å². The number of carbonyl (C=O) groups excluding carboxylic acids is 2. The molecule has 3 aromatic carbocycles. The highest BCUT2D eigenvalue weighted by Crippen LogP contribution is 2.28. The van der Waals surface area contributed by atoms with E-state index < -0.39 is 28.5 Å². The fraction of sp³-hybridized carbons (Fsp3) is 0.286. The molecule has 3 aromatic rings. The molecule has 1 atom stereocenters. The number of amides is 2. The first-order chi connectivity index (χ1) is 18.1. The Labute approximate surface area is 232 Å². The van der Waals surface area contributed by atoms with E-state index in [1.165, 1.54) is 4.90 Å². The fourth-order valence-corrected chi connectivity index (χ4v) is 5.54. The van der Waals surface area contributed by atoms with Crippen molar-refractivity contribution in [3.63, 3.8) is 0 Å². The second-order valence-corrected chi connectivity index (χ2v) is 11.5. The maximum Gasteiger partial charge on any atom is 0.244 e. The second-order valence-electron chi connectivity index (χ2n) is 8.69. The molecule has 1 unspecified atom stereocenters. The molecule has 0 aromatic heterocycles. The molecule has 0 aliphatic heterocycles. The van der Waals surface area contributed by atoms with Crippen molar-refractivity contribution in [3.8, 4) is 5.75 Å². The van der Waals surface area contributed by atoms with E-state index in [0.29, 0.717) is 22.5 Å². The number of halogens is 1. The molecule has 0 saturated carbocycles. The SMILES string of the molecule is CCNC(=O)C(Cc1ccccc1)N(Cc1cccc(OC)c1)C(=O)CN(c1ccccc1Br)S(C)(=O)=O. The van der Waals surface area contributed by atoms with Gasteiger partial charge in [0.2, 0.25) is 21.8 Å². The quantitative estimate of drug-likeness (QED) is 0.338. The highest BCUT2D eigenvalue weighted by molar-refractivity contribution is 9.10. The van der Waals surface area contributed by atoms with Crippen LogP contribution in [0, 0.1) is 0 Å². The third-order valence-corrected chi connectivity index (χ3v) is 7.71. The van der Waals surface area contributed by atoms with Crippen LogP contribution in [0.3, 0.4) is 0 Å².